The highest BCUT2D eigenvalue weighted by Crippen LogP contribution is 2.18. The topological polar surface area (TPSA) is 45.2 Å². The van der Waals surface area contributed by atoms with Crippen LogP contribution in [-0.2, 0) is 6.54 Å². The lowest BCUT2D eigenvalue weighted by atomic mass is 10.1. The number of para-hydroxylation sites is 1. The second-order valence-electron chi connectivity index (χ2n) is 6.56. The van der Waals surface area contributed by atoms with E-state index in [1.165, 1.54) is 5.56 Å². The number of hydrogen-bond donors (Lipinski definition) is 1. The number of carbonyl (C=O) groups excluding carboxylic acids is 1. The van der Waals surface area contributed by atoms with E-state index in [4.69, 9.17) is 0 Å². The van der Waals surface area contributed by atoms with Gasteiger partial charge in [-0.3, -0.25) is 14.7 Å². The molecule has 3 aromatic rings. The molecule has 4 rings (SSSR count). The molecule has 4 heteroatoms. The fraction of sp³-hybridized carbons (Fsp3) is 0.238. The predicted octanol–water partition coefficient (Wildman–Crippen LogP) is 3.24. The molecule has 2 aromatic carbocycles. The van der Waals surface area contributed by atoms with Gasteiger partial charge in [0.05, 0.1) is 11.1 Å². The number of hydrogen-bond acceptors (Lipinski definition) is 3. The molecule has 4 nitrogen and oxygen atoms in total. The van der Waals surface area contributed by atoms with Gasteiger partial charge in [0.1, 0.15) is 0 Å². The highest BCUT2D eigenvalue weighted by molar-refractivity contribution is 6.05. The van der Waals surface area contributed by atoms with Crippen LogP contribution in [0.4, 0.5) is 0 Å². The minimum Gasteiger partial charge on any atom is -0.348 e. The van der Waals surface area contributed by atoms with Crippen LogP contribution in [0.3, 0.4) is 0 Å². The number of rotatable bonds is 4. The first-order valence-corrected chi connectivity index (χ1v) is 8.70. The van der Waals surface area contributed by atoms with Crippen molar-refractivity contribution in [1.29, 1.82) is 0 Å². The van der Waals surface area contributed by atoms with Crippen molar-refractivity contribution in [2.75, 3.05) is 13.1 Å². The standard InChI is InChI=1S/C21H21N3O/c25-21(19-10-4-8-17-9-5-12-22-20(17)19)23-18-11-13-24(15-18)14-16-6-2-1-3-7-16/h1-10,12,18H,11,13-15H2,(H,23,25)/t18-/m0/s1. The quantitative estimate of drug-likeness (QED) is 0.798. The smallest absolute Gasteiger partial charge is 0.253 e. The molecule has 126 valence electrons. The van der Waals surface area contributed by atoms with Gasteiger partial charge in [0.25, 0.3) is 5.91 Å². The van der Waals surface area contributed by atoms with Crippen molar-refractivity contribution in [3.8, 4) is 0 Å². The minimum absolute atomic E-state index is 0.0316. The van der Waals surface area contributed by atoms with Gasteiger partial charge in [-0.25, -0.2) is 0 Å². The van der Waals surface area contributed by atoms with E-state index in [0.717, 1.165) is 37.0 Å². The third kappa shape index (κ3) is 3.54. The van der Waals surface area contributed by atoms with Crippen molar-refractivity contribution < 1.29 is 4.79 Å². The van der Waals surface area contributed by atoms with Gasteiger partial charge in [-0.1, -0.05) is 48.5 Å². The zero-order valence-corrected chi connectivity index (χ0v) is 14.1. The van der Waals surface area contributed by atoms with Crippen LogP contribution in [0.25, 0.3) is 10.9 Å². The summed E-state index contributed by atoms with van der Waals surface area (Å²) < 4.78 is 0. The summed E-state index contributed by atoms with van der Waals surface area (Å²) in [6.45, 7) is 2.83. The van der Waals surface area contributed by atoms with Crippen molar-refractivity contribution in [2.24, 2.45) is 0 Å². The van der Waals surface area contributed by atoms with Crippen molar-refractivity contribution in [3.05, 3.63) is 78.0 Å². The number of fused-ring (bicyclic) bond motifs is 1. The van der Waals surface area contributed by atoms with Gasteiger partial charge in [-0.05, 0) is 24.1 Å². The van der Waals surface area contributed by atoms with Gasteiger partial charge in [-0.2, -0.15) is 0 Å². The molecule has 0 spiro atoms. The number of nitrogens with one attached hydrogen (secondary N) is 1. The lowest BCUT2D eigenvalue weighted by Gasteiger charge is -2.17. The third-order valence-corrected chi connectivity index (χ3v) is 4.73. The molecule has 1 fully saturated rings. The minimum atomic E-state index is -0.0316. The summed E-state index contributed by atoms with van der Waals surface area (Å²) >= 11 is 0. The Labute approximate surface area is 147 Å². The fourth-order valence-corrected chi connectivity index (χ4v) is 3.49. The van der Waals surface area contributed by atoms with Gasteiger partial charge in [0, 0.05) is 37.3 Å². The SMILES string of the molecule is O=C(N[C@H]1CCN(Cc2ccccc2)C1)c1cccc2cccnc12. The van der Waals surface area contributed by atoms with E-state index in [9.17, 15) is 4.79 Å². The third-order valence-electron chi connectivity index (χ3n) is 4.73. The van der Waals surface area contributed by atoms with E-state index in [1.807, 2.05) is 36.4 Å². The molecule has 0 bridgehead atoms. The van der Waals surface area contributed by atoms with Crippen molar-refractivity contribution in [3.63, 3.8) is 0 Å². The van der Waals surface area contributed by atoms with Crippen LogP contribution in [0.5, 0.6) is 0 Å². The summed E-state index contributed by atoms with van der Waals surface area (Å²) in [7, 11) is 0. The number of nitrogens with zero attached hydrogens (tertiary/aromatic N) is 2. The second kappa shape index (κ2) is 7.03. The number of amides is 1. The van der Waals surface area contributed by atoms with Crippen LogP contribution in [-0.4, -0.2) is 34.9 Å². The van der Waals surface area contributed by atoms with E-state index < -0.39 is 0 Å². The number of pyridine rings is 1. The maximum atomic E-state index is 12.7. The second-order valence-corrected chi connectivity index (χ2v) is 6.56. The first-order chi connectivity index (χ1) is 12.3. The van der Waals surface area contributed by atoms with Gasteiger partial charge in [-0.15, -0.1) is 0 Å². The number of carbonyl (C=O) groups is 1. The van der Waals surface area contributed by atoms with Crippen molar-refractivity contribution in [2.45, 2.75) is 19.0 Å². The summed E-state index contributed by atoms with van der Waals surface area (Å²) in [6, 6.07) is 20.3. The Morgan fingerprint density at radius 1 is 1.08 bits per heavy atom. The largest absolute Gasteiger partial charge is 0.348 e. The molecule has 2 heterocycles. The van der Waals surface area contributed by atoms with E-state index in [-0.39, 0.29) is 11.9 Å². The molecule has 0 aliphatic carbocycles. The molecule has 1 aromatic heterocycles. The Morgan fingerprint density at radius 3 is 2.80 bits per heavy atom. The molecular formula is C21H21N3O. The van der Waals surface area contributed by atoms with E-state index in [1.54, 1.807) is 6.20 Å². The first kappa shape index (κ1) is 15.8. The molecule has 25 heavy (non-hydrogen) atoms. The maximum absolute atomic E-state index is 12.7. The molecular weight excluding hydrogens is 310 g/mol. The highest BCUT2D eigenvalue weighted by atomic mass is 16.1. The van der Waals surface area contributed by atoms with Crippen LogP contribution in [0.15, 0.2) is 66.9 Å². The predicted molar refractivity (Wildman–Crippen MR) is 99.3 cm³/mol. The Hall–Kier alpha value is -2.72. The molecule has 1 N–H and O–H groups in total. The summed E-state index contributed by atoms with van der Waals surface area (Å²) in [5.41, 5.74) is 2.73. The van der Waals surface area contributed by atoms with Crippen molar-refractivity contribution in [1.82, 2.24) is 15.2 Å². The number of benzene rings is 2. The van der Waals surface area contributed by atoms with Gasteiger partial charge < -0.3 is 5.32 Å². The van der Waals surface area contributed by atoms with Crippen LogP contribution in [0, 0.1) is 0 Å². The van der Waals surface area contributed by atoms with E-state index in [2.05, 4.69) is 39.5 Å². The zero-order valence-electron chi connectivity index (χ0n) is 14.1. The number of aromatic nitrogens is 1. The average molecular weight is 331 g/mol. The lowest BCUT2D eigenvalue weighted by Crippen LogP contribution is -2.37. The highest BCUT2D eigenvalue weighted by Gasteiger charge is 2.24. The maximum Gasteiger partial charge on any atom is 0.253 e. The molecule has 1 aliphatic heterocycles. The molecule has 0 unspecified atom stereocenters. The Kier molecular flexibility index (Phi) is 4.44. The Bertz CT molecular complexity index is 873. The van der Waals surface area contributed by atoms with Crippen LogP contribution in [0.1, 0.15) is 22.3 Å². The molecule has 1 amide bonds. The van der Waals surface area contributed by atoms with Crippen LogP contribution in [0.2, 0.25) is 0 Å². The molecule has 1 saturated heterocycles. The normalized spacial score (nSPS) is 17.7. The van der Waals surface area contributed by atoms with Gasteiger partial charge in [0.2, 0.25) is 0 Å². The summed E-state index contributed by atoms with van der Waals surface area (Å²) in [6.07, 6.45) is 2.72. The van der Waals surface area contributed by atoms with Crippen molar-refractivity contribution >= 4 is 16.8 Å². The van der Waals surface area contributed by atoms with Gasteiger partial charge in [0.15, 0.2) is 0 Å². The van der Waals surface area contributed by atoms with Crippen LogP contribution >= 0.6 is 0 Å². The van der Waals surface area contributed by atoms with E-state index in [0.29, 0.717) is 5.56 Å². The molecule has 0 radical (unpaired) electrons. The molecule has 1 aliphatic rings. The molecule has 0 saturated carbocycles. The first-order valence-electron chi connectivity index (χ1n) is 8.70. The Morgan fingerprint density at radius 2 is 1.92 bits per heavy atom. The van der Waals surface area contributed by atoms with Gasteiger partial charge >= 0.3 is 0 Å². The zero-order chi connectivity index (χ0) is 17.1. The fourth-order valence-electron chi connectivity index (χ4n) is 3.49. The molecule has 1 atom stereocenters. The van der Waals surface area contributed by atoms with Crippen LogP contribution < -0.4 is 5.32 Å². The van der Waals surface area contributed by atoms with E-state index >= 15 is 0 Å². The summed E-state index contributed by atoms with van der Waals surface area (Å²) in [5, 5.41) is 4.18. The average Bonchev–Trinajstić information content (AvgIpc) is 3.09. The number of likely N-dealkylation sites (tertiary alicyclic amines) is 1. The monoisotopic (exact) mass is 331 g/mol. The Balaban J connectivity index is 1.41. The lowest BCUT2D eigenvalue weighted by molar-refractivity contribution is 0.0939. The summed E-state index contributed by atoms with van der Waals surface area (Å²) in [4.78, 5) is 19.5. The summed E-state index contributed by atoms with van der Waals surface area (Å²) in [5.74, 6) is -0.0316.